The van der Waals surface area contributed by atoms with Crippen LogP contribution < -0.4 is 10.2 Å². The molecule has 1 atom stereocenters. The highest BCUT2D eigenvalue weighted by Crippen LogP contribution is 2.20. The van der Waals surface area contributed by atoms with Crippen molar-refractivity contribution in [2.24, 2.45) is 5.92 Å². The maximum atomic E-state index is 10.6. The van der Waals surface area contributed by atoms with Gasteiger partial charge in [0.1, 0.15) is 12.4 Å². The monoisotopic (exact) mass is 279 g/mol. The fourth-order valence-electron chi connectivity index (χ4n) is 2.39. The summed E-state index contributed by atoms with van der Waals surface area (Å²) in [6.45, 7) is 7.08. The first-order chi connectivity index (χ1) is 9.56. The molecule has 1 aromatic heterocycles. The van der Waals surface area contributed by atoms with E-state index in [4.69, 9.17) is 0 Å². The Morgan fingerprint density at radius 1 is 1.50 bits per heavy atom. The molecule has 1 aliphatic heterocycles. The van der Waals surface area contributed by atoms with Gasteiger partial charge in [0.15, 0.2) is 0 Å². The maximum Gasteiger partial charge on any atom is 0.305 e. The lowest BCUT2D eigenvalue weighted by Gasteiger charge is -2.33. The van der Waals surface area contributed by atoms with Gasteiger partial charge in [0.2, 0.25) is 5.95 Å². The van der Waals surface area contributed by atoms with Crippen molar-refractivity contribution in [3.8, 4) is 0 Å². The Balaban J connectivity index is 1.96. The molecule has 110 valence electrons. The van der Waals surface area contributed by atoms with Crippen LogP contribution in [-0.2, 0) is 0 Å². The molecule has 7 nitrogen and oxygen atoms in total. The molecule has 1 aliphatic rings. The summed E-state index contributed by atoms with van der Waals surface area (Å²) in [7, 11) is 0. The molecule has 2 rings (SSSR count). The summed E-state index contributed by atoms with van der Waals surface area (Å²) in [4.78, 5) is 20.4. The van der Waals surface area contributed by atoms with Gasteiger partial charge >= 0.3 is 5.69 Å². The van der Waals surface area contributed by atoms with Crippen LogP contribution in [0.1, 0.15) is 26.7 Å². The van der Waals surface area contributed by atoms with Crippen molar-refractivity contribution in [2.75, 3.05) is 24.5 Å². The second kappa shape index (κ2) is 6.60. The Hall–Kier alpha value is -1.76. The summed E-state index contributed by atoms with van der Waals surface area (Å²) >= 11 is 0. The molecule has 7 heteroatoms. The molecule has 1 fully saturated rings. The van der Waals surface area contributed by atoms with E-state index >= 15 is 0 Å². The third-order valence-corrected chi connectivity index (χ3v) is 3.45. The Morgan fingerprint density at radius 3 is 2.80 bits per heavy atom. The Bertz CT molecular complexity index is 449. The standard InChI is InChI=1S/C13H21N5O2/c1-10(2)14-6-11-4-3-5-17(9-11)13-15-7-12(8-16-13)18(19)20/h7-8,10-11,14H,3-6,9H2,1-2H3. The minimum atomic E-state index is -0.477. The Morgan fingerprint density at radius 2 is 2.20 bits per heavy atom. The normalized spacial score (nSPS) is 19.4. The van der Waals surface area contributed by atoms with Gasteiger partial charge in [-0.05, 0) is 25.3 Å². The van der Waals surface area contributed by atoms with Gasteiger partial charge in [-0.25, -0.2) is 9.97 Å². The number of aromatic nitrogens is 2. The van der Waals surface area contributed by atoms with Crippen molar-refractivity contribution in [2.45, 2.75) is 32.7 Å². The largest absolute Gasteiger partial charge is 0.340 e. The van der Waals surface area contributed by atoms with Crippen molar-refractivity contribution < 1.29 is 4.92 Å². The molecular formula is C13H21N5O2. The molecule has 2 heterocycles. The summed E-state index contributed by atoms with van der Waals surface area (Å²) in [5, 5.41) is 14.0. The van der Waals surface area contributed by atoms with Crippen LogP contribution in [0.25, 0.3) is 0 Å². The van der Waals surface area contributed by atoms with Crippen molar-refractivity contribution in [3.63, 3.8) is 0 Å². The first-order valence-electron chi connectivity index (χ1n) is 7.01. The number of anilines is 1. The van der Waals surface area contributed by atoms with Gasteiger partial charge in [-0.1, -0.05) is 13.8 Å². The van der Waals surface area contributed by atoms with Gasteiger partial charge in [-0.2, -0.15) is 0 Å². The summed E-state index contributed by atoms with van der Waals surface area (Å²) in [6.07, 6.45) is 4.85. The van der Waals surface area contributed by atoms with E-state index in [9.17, 15) is 10.1 Å². The SMILES string of the molecule is CC(C)NCC1CCCN(c2ncc([N+](=O)[O-])cn2)C1. The summed E-state index contributed by atoms with van der Waals surface area (Å²) in [6, 6.07) is 0.487. The number of nitrogens with zero attached hydrogens (tertiary/aromatic N) is 4. The maximum absolute atomic E-state index is 10.6. The number of hydrogen-bond acceptors (Lipinski definition) is 6. The highest BCUT2D eigenvalue weighted by atomic mass is 16.6. The minimum absolute atomic E-state index is 0.0659. The van der Waals surface area contributed by atoms with Crippen LogP contribution in [0.15, 0.2) is 12.4 Å². The van der Waals surface area contributed by atoms with Crippen molar-refractivity contribution in [1.82, 2.24) is 15.3 Å². The van der Waals surface area contributed by atoms with E-state index in [2.05, 4.69) is 34.0 Å². The van der Waals surface area contributed by atoms with E-state index < -0.39 is 4.92 Å². The fourth-order valence-corrected chi connectivity index (χ4v) is 2.39. The van der Waals surface area contributed by atoms with Crippen LogP contribution in [0.5, 0.6) is 0 Å². The highest BCUT2D eigenvalue weighted by Gasteiger charge is 2.22. The zero-order valence-electron chi connectivity index (χ0n) is 12.0. The van der Waals surface area contributed by atoms with Crippen LogP contribution in [0.4, 0.5) is 11.6 Å². The van der Waals surface area contributed by atoms with E-state index in [1.165, 1.54) is 18.8 Å². The number of nitrogens with one attached hydrogen (secondary N) is 1. The zero-order valence-corrected chi connectivity index (χ0v) is 12.0. The van der Waals surface area contributed by atoms with Crippen molar-refractivity contribution in [1.29, 1.82) is 0 Å². The number of piperidine rings is 1. The quantitative estimate of drug-likeness (QED) is 0.651. The van der Waals surface area contributed by atoms with E-state index in [0.717, 1.165) is 26.1 Å². The van der Waals surface area contributed by atoms with Crippen LogP contribution in [0.2, 0.25) is 0 Å². The number of hydrogen-bond donors (Lipinski definition) is 1. The van der Waals surface area contributed by atoms with Crippen molar-refractivity contribution >= 4 is 11.6 Å². The third-order valence-electron chi connectivity index (χ3n) is 3.45. The third kappa shape index (κ3) is 3.86. The topological polar surface area (TPSA) is 84.2 Å². The molecule has 1 N–H and O–H groups in total. The second-order valence-electron chi connectivity index (χ2n) is 5.52. The van der Waals surface area contributed by atoms with Gasteiger partial charge in [0.25, 0.3) is 0 Å². The smallest absolute Gasteiger partial charge is 0.305 e. The van der Waals surface area contributed by atoms with Gasteiger partial charge < -0.3 is 10.2 Å². The van der Waals surface area contributed by atoms with E-state index in [1.807, 2.05) is 0 Å². The van der Waals surface area contributed by atoms with E-state index in [-0.39, 0.29) is 5.69 Å². The van der Waals surface area contributed by atoms with E-state index in [1.54, 1.807) is 0 Å². The van der Waals surface area contributed by atoms with Crippen LogP contribution in [0.3, 0.4) is 0 Å². The van der Waals surface area contributed by atoms with Crippen LogP contribution >= 0.6 is 0 Å². The highest BCUT2D eigenvalue weighted by molar-refractivity contribution is 5.34. The molecule has 0 radical (unpaired) electrons. The molecule has 0 aromatic carbocycles. The van der Waals surface area contributed by atoms with Gasteiger partial charge in [0, 0.05) is 19.1 Å². The Kier molecular flexibility index (Phi) is 4.84. The first kappa shape index (κ1) is 14.6. The van der Waals surface area contributed by atoms with Crippen LogP contribution in [0, 0.1) is 16.0 Å². The first-order valence-corrected chi connectivity index (χ1v) is 7.01. The molecule has 20 heavy (non-hydrogen) atoms. The molecule has 0 spiro atoms. The molecule has 1 saturated heterocycles. The lowest BCUT2D eigenvalue weighted by molar-refractivity contribution is -0.385. The molecule has 0 bridgehead atoms. The van der Waals surface area contributed by atoms with Gasteiger partial charge in [-0.15, -0.1) is 0 Å². The van der Waals surface area contributed by atoms with Gasteiger partial charge in [-0.3, -0.25) is 10.1 Å². The second-order valence-corrected chi connectivity index (χ2v) is 5.52. The minimum Gasteiger partial charge on any atom is -0.340 e. The van der Waals surface area contributed by atoms with Crippen LogP contribution in [-0.4, -0.2) is 40.6 Å². The predicted molar refractivity (Wildman–Crippen MR) is 76.8 cm³/mol. The predicted octanol–water partition coefficient (Wildman–Crippen LogP) is 1.60. The number of nitro groups is 1. The lowest BCUT2D eigenvalue weighted by Crippen LogP contribution is -2.41. The average molecular weight is 279 g/mol. The molecule has 1 unspecified atom stereocenters. The fraction of sp³-hybridized carbons (Fsp3) is 0.692. The molecular weight excluding hydrogens is 258 g/mol. The zero-order chi connectivity index (χ0) is 14.5. The van der Waals surface area contributed by atoms with Crippen molar-refractivity contribution in [3.05, 3.63) is 22.5 Å². The summed E-state index contributed by atoms with van der Waals surface area (Å²) < 4.78 is 0. The molecule has 0 saturated carbocycles. The average Bonchev–Trinajstić information content (AvgIpc) is 2.45. The molecule has 1 aromatic rings. The summed E-state index contributed by atoms with van der Waals surface area (Å²) in [5.74, 6) is 1.16. The number of rotatable bonds is 5. The van der Waals surface area contributed by atoms with E-state index in [0.29, 0.717) is 17.9 Å². The lowest BCUT2D eigenvalue weighted by atomic mass is 9.98. The summed E-state index contributed by atoms with van der Waals surface area (Å²) in [5.41, 5.74) is -0.0659. The Labute approximate surface area is 118 Å². The molecule has 0 amide bonds. The van der Waals surface area contributed by atoms with Gasteiger partial charge in [0.05, 0.1) is 4.92 Å². The molecule has 0 aliphatic carbocycles.